The molecule has 0 aliphatic carbocycles. The Balaban J connectivity index is 1.74. The van der Waals surface area contributed by atoms with Crippen LogP contribution < -0.4 is 10.9 Å². The first-order chi connectivity index (χ1) is 12.7. The highest BCUT2D eigenvalue weighted by atomic mass is 32.1. The number of alkyl halides is 3. The number of aromatic amines is 1. The number of nitrogens with one attached hydrogen (secondary N) is 2. The summed E-state index contributed by atoms with van der Waals surface area (Å²) in [4.78, 5) is 16.3. The summed E-state index contributed by atoms with van der Waals surface area (Å²) in [6, 6.07) is 13.6. The lowest BCUT2D eigenvalue weighted by Gasteiger charge is -2.22. The molecule has 27 heavy (non-hydrogen) atoms. The van der Waals surface area contributed by atoms with Gasteiger partial charge in [-0.3, -0.25) is 4.79 Å². The Morgan fingerprint density at radius 3 is 2.48 bits per heavy atom. The van der Waals surface area contributed by atoms with E-state index >= 15 is 0 Å². The molecule has 3 rings (SSSR count). The van der Waals surface area contributed by atoms with Crippen LogP contribution in [0, 0.1) is 0 Å². The van der Waals surface area contributed by atoms with Crippen LogP contribution >= 0.6 is 12.2 Å². The van der Waals surface area contributed by atoms with E-state index in [0.717, 1.165) is 28.6 Å². The van der Waals surface area contributed by atoms with E-state index in [9.17, 15) is 18.0 Å². The number of nitrogens with zero attached hydrogens (tertiary/aromatic N) is 1. The second kappa shape index (κ2) is 7.40. The molecule has 140 valence electrons. The minimum Gasteiger partial charge on any atom is -0.348 e. The maximum Gasteiger partial charge on any atom is 0.416 e. The predicted octanol–water partition coefficient (Wildman–Crippen LogP) is 4.38. The SMILES string of the molecule is CN(Cc1cc(=O)[nH]c2ccccc12)C(=S)Nc1ccc(C(F)(F)F)cc1. The number of pyridine rings is 1. The van der Waals surface area contributed by atoms with E-state index in [1.54, 1.807) is 11.9 Å². The second-order valence-corrected chi connectivity index (χ2v) is 6.45. The predicted molar refractivity (Wildman–Crippen MR) is 104 cm³/mol. The number of para-hydroxylation sites is 1. The van der Waals surface area contributed by atoms with E-state index in [2.05, 4.69) is 10.3 Å². The minimum absolute atomic E-state index is 0.210. The largest absolute Gasteiger partial charge is 0.416 e. The molecule has 0 spiro atoms. The first-order valence-electron chi connectivity index (χ1n) is 8.04. The Kier molecular flexibility index (Phi) is 5.18. The van der Waals surface area contributed by atoms with Gasteiger partial charge < -0.3 is 15.2 Å². The summed E-state index contributed by atoms with van der Waals surface area (Å²) in [6.45, 7) is 0.372. The number of aromatic nitrogens is 1. The van der Waals surface area contributed by atoms with Gasteiger partial charge in [-0.2, -0.15) is 13.2 Å². The molecule has 4 nitrogen and oxygen atoms in total. The molecule has 3 aromatic rings. The summed E-state index contributed by atoms with van der Waals surface area (Å²) in [5, 5.41) is 4.14. The van der Waals surface area contributed by atoms with Crippen molar-refractivity contribution in [3.05, 3.63) is 76.1 Å². The minimum atomic E-state index is -4.38. The van der Waals surface area contributed by atoms with Gasteiger partial charge in [0.05, 0.1) is 5.56 Å². The van der Waals surface area contributed by atoms with Crippen molar-refractivity contribution in [1.29, 1.82) is 0 Å². The lowest BCUT2D eigenvalue weighted by molar-refractivity contribution is -0.137. The first kappa shape index (κ1) is 18.9. The van der Waals surface area contributed by atoms with Crippen LogP contribution in [0.5, 0.6) is 0 Å². The van der Waals surface area contributed by atoms with Crippen molar-refractivity contribution >= 4 is 33.9 Å². The maximum atomic E-state index is 12.6. The number of rotatable bonds is 3. The molecule has 0 fully saturated rings. The van der Waals surface area contributed by atoms with Crippen LogP contribution in [-0.4, -0.2) is 22.0 Å². The van der Waals surface area contributed by atoms with Crippen LogP contribution in [0.15, 0.2) is 59.4 Å². The fraction of sp³-hybridized carbons (Fsp3) is 0.158. The molecule has 2 aromatic carbocycles. The smallest absolute Gasteiger partial charge is 0.348 e. The van der Waals surface area contributed by atoms with Crippen molar-refractivity contribution in [2.45, 2.75) is 12.7 Å². The zero-order valence-electron chi connectivity index (χ0n) is 14.3. The molecule has 8 heteroatoms. The molecule has 0 amide bonds. The van der Waals surface area contributed by atoms with Gasteiger partial charge in [0, 0.05) is 36.2 Å². The fourth-order valence-corrected chi connectivity index (χ4v) is 2.88. The molecule has 0 atom stereocenters. The lowest BCUT2D eigenvalue weighted by Crippen LogP contribution is -2.31. The van der Waals surface area contributed by atoms with Gasteiger partial charge in [-0.25, -0.2) is 0 Å². The van der Waals surface area contributed by atoms with Gasteiger partial charge in [0.25, 0.3) is 0 Å². The van der Waals surface area contributed by atoms with Crippen molar-refractivity contribution < 1.29 is 13.2 Å². The van der Waals surface area contributed by atoms with Crippen molar-refractivity contribution in [3.63, 3.8) is 0 Å². The summed E-state index contributed by atoms with van der Waals surface area (Å²) < 4.78 is 37.9. The monoisotopic (exact) mass is 391 g/mol. The van der Waals surface area contributed by atoms with Crippen molar-refractivity contribution in [2.75, 3.05) is 12.4 Å². The van der Waals surface area contributed by atoms with Crippen molar-refractivity contribution in [3.8, 4) is 0 Å². The average Bonchev–Trinajstić information content (AvgIpc) is 2.61. The standard InChI is InChI=1S/C19H16F3N3OS/c1-25(11-12-10-17(26)24-16-5-3-2-4-15(12)16)18(27)23-14-8-6-13(7-9-14)19(20,21)22/h2-10H,11H2,1H3,(H,23,27)(H,24,26). The fourth-order valence-electron chi connectivity index (χ4n) is 2.70. The van der Waals surface area contributed by atoms with Gasteiger partial charge in [0.15, 0.2) is 5.11 Å². The van der Waals surface area contributed by atoms with Gasteiger partial charge in [-0.1, -0.05) is 18.2 Å². The van der Waals surface area contributed by atoms with E-state index in [4.69, 9.17) is 12.2 Å². The zero-order chi connectivity index (χ0) is 19.6. The number of halogens is 3. The van der Waals surface area contributed by atoms with Crippen LogP contribution in [0.4, 0.5) is 18.9 Å². The number of benzene rings is 2. The Labute approximate surface area is 158 Å². The third-order valence-corrected chi connectivity index (χ3v) is 4.47. The molecule has 2 N–H and O–H groups in total. The highest BCUT2D eigenvalue weighted by Crippen LogP contribution is 2.29. The summed E-state index contributed by atoms with van der Waals surface area (Å²) in [5.74, 6) is 0. The van der Waals surface area contributed by atoms with Gasteiger partial charge in [-0.15, -0.1) is 0 Å². The van der Waals surface area contributed by atoms with Crippen molar-refractivity contribution in [1.82, 2.24) is 9.88 Å². The molecule has 0 radical (unpaired) electrons. The molecular weight excluding hydrogens is 375 g/mol. The molecule has 0 unspecified atom stereocenters. The molecule has 0 bridgehead atoms. The second-order valence-electron chi connectivity index (χ2n) is 6.07. The summed E-state index contributed by atoms with van der Waals surface area (Å²) >= 11 is 5.33. The number of thiocarbonyl (C=S) groups is 1. The number of anilines is 1. The summed E-state index contributed by atoms with van der Waals surface area (Å²) in [5.41, 5.74) is 1.06. The molecule has 1 heterocycles. The van der Waals surface area contributed by atoms with Crippen LogP contribution in [0.25, 0.3) is 10.9 Å². The van der Waals surface area contributed by atoms with Gasteiger partial charge in [0.2, 0.25) is 5.56 Å². The lowest BCUT2D eigenvalue weighted by atomic mass is 10.1. The average molecular weight is 391 g/mol. The van der Waals surface area contributed by atoms with Crippen LogP contribution in [0.1, 0.15) is 11.1 Å². The zero-order valence-corrected chi connectivity index (χ0v) is 15.1. The van der Waals surface area contributed by atoms with Gasteiger partial charge in [0.1, 0.15) is 0 Å². The van der Waals surface area contributed by atoms with E-state index in [1.807, 2.05) is 24.3 Å². The maximum absolute atomic E-state index is 12.6. The van der Waals surface area contributed by atoms with Gasteiger partial charge in [-0.05, 0) is 48.1 Å². The summed E-state index contributed by atoms with van der Waals surface area (Å²) in [6.07, 6.45) is -4.38. The summed E-state index contributed by atoms with van der Waals surface area (Å²) in [7, 11) is 1.75. The molecule has 0 saturated heterocycles. The molecule has 0 aliphatic heterocycles. The number of H-pyrrole nitrogens is 1. The van der Waals surface area contributed by atoms with Crippen LogP contribution in [-0.2, 0) is 12.7 Å². The Morgan fingerprint density at radius 1 is 1.15 bits per heavy atom. The number of hydrogen-bond acceptors (Lipinski definition) is 2. The van der Waals surface area contributed by atoms with Crippen LogP contribution in [0.2, 0.25) is 0 Å². The highest BCUT2D eigenvalue weighted by Gasteiger charge is 2.29. The molecule has 0 aliphatic rings. The van der Waals surface area contributed by atoms with Crippen molar-refractivity contribution in [2.24, 2.45) is 0 Å². The molecule has 1 aromatic heterocycles. The van der Waals surface area contributed by atoms with E-state index in [-0.39, 0.29) is 5.56 Å². The third kappa shape index (κ3) is 4.46. The normalized spacial score (nSPS) is 11.4. The Hall–Kier alpha value is -2.87. The molecule has 0 saturated carbocycles. The number of fused-ring (bicyclic) bond motifs is 1. The highest BCUT2D eigenvalue weighted by molar-refractivity contribution is 7.80. The van der Waals surface area contributed by atoms with E-state index in [1.165, 1.54) is 18.2 Å². The van der Waals surface area contributed by atoms with E-state index in [0.29, 0.717) is 17.3 Å². The first-order valence-corrected chi connectivity index (χ1v) is 8.45. The molecular formula is C19H16F3N3OS. The number of hydrogen-bond donors (Lipinski definition) is 2. The Bertz CT molecular complexity index is 1030. The van der Waals surface area contributed by atoms with Crippen LogP contribution in [0.3, 0.4) is 0 Å². The topological polar surface area (TPSA) is 48.1 Å². The van der Waals surface area contributed by atoms with E-state index < -0.39 is 11.7 Å². The van der Waals surface area contributed by atoms with Gasteiger partial charge >= 0.3 is 6.18 Å². The third-order valence-electron chi connectivity index (χ3n) is 4.05. The Morgan fingerprint density at radius 2 is 1.81 bits per heavy atom. The quantitative estimate of drug-likeness (QED) is 0.651.